The van der Waals surface area contributed by atoms with Crippen LogP contribution in [0.3, 0.4) is 0 Å². The van der Waals surface area contributed by atoms with E-state index in [9.17, 15) is 13.6 Å². The van der Waals surface area contributed by atoms with E-state index < -0.39 is 12.5 Å². The lowest BCUT2D eigenvalue weighted by molar-refractivity contribution is -0.0498. The molecule has 3 aromatic rings. The molecule has 1 heterocycles. The normalized spacial score (nSPS) is 10.8. The highest BCUT2D eigenvalue weighted by Crippen LogP contribution is 2.20. The highest BCUT2D eigenvalue weighted by Gasteiger charge is 2.14. The first-order valence-electron chi connectivity index (χ1n) is 7.92. The van der Waals surface area contributed by atoms with Gasteiger partial charge >= 0.3 is 6.61 Å². The lowest BCUT2D eigenvalue weighted by Crippen LogP contribution is -2.15. The average molecular weight is 357 g/mol. The van der Waals surface area contributed by atoms with Gasteiger partial charge in [-0.05, 0) is 44.2 Å². The first kappa shape index (κ1) is 17.6. The smallest absolute Gasteiger partial charge is 0.387 e. The molecule has 2 aromatic carbocycles. The van der Waals surface area contributed by atoms with Crippen molar-refractivity contribution in [3.05, 3.63) is 71.4 Å². The van der Waals surface area contributed by atoms with Crippen molar-refractivity contribution in [2.45, 2.75) is 20.5 Å². The van der Waals surface area contributed by atoms with E-state index in [-0.39, 0.29) is 11.3 Å². The molecule has 26 heavy (non-hydrogen) atoms. The first-order chi connectivity index (χ1) is 12.4. The van der Waals surface area contributed by atoms with Crippen molar-refractivity contribution in [1.29, 1.82) is 0 Å². The summed E-state index contributed by atoms with van der Waals surface area (Å²) in [7, 11) is 0. The first-order valence-corrected chi connectivity index (χ1v) is 7.92. The molecule has 0 spiro atoms. The Kier molecular flexibility index (Phi) is 4.97. The molecule has 1 amide bonds. The van der Waals surface area contributed by atoms with Crippen LogP contribution < -0.4 is 10.1 Å². The third-order valence-corrected chi connectivity index (χ3v) is 3.67. The van der Waals surface area contributed by atoms with Crippen molar-refractivity contribution in [2.24, 2.45) is 0 Å². The van der Waals surface area contributed by atoms with Gasteiger partial charge in [-0.1, -0.05) is 23.8 Å². The number of rotatable bonds is 5. The Morgan fingerprint density at radius 1 is 1.12 bits per heavy atom. The van der Waals surface area contributed by atoms with Crippen molar-refractivity contribution < 1.29 is 18.3 Å². The minimum atomic E-state index is -2.95. The Morgan fingerprint density at radius 2 is 1.85 bits per heavy atom. The molecule has 0 radical (unpaired) electrons. The third-order valence-electron chi connectivity index (χ3n) is 3.67. The number of carbonyl (C=O) groups excluding carboxylic acids is 1. The SMILES string of the molecule is Cc1ccc(-n2nc(C)cc2NC(=O)c2cccc(OC(F)F)c2)cc1. The van der Waals surface area contributed by atoms with Crippen LogP contribution in [0.15, 0.2) is 54.6 Å². The zero-order valence-corrected chi connectivity index (χ0v) is 14.2. The molecule has 0 saturated heterocycles. The molecule has 1 N–H and O–H groups in total. The zero-order chi connectivity index (χ0) is 18.7. The number of nitrogens with zero attached hydrogens (tertiary/aromatic N) is 2. The fourth-order valence-electron chi connectivity index (χ4n) is 2.47. The van der Waals surface area contributed by atoms with Crippen LogP contribution in [-0.4, -0.2) is 22.3 Å². The van der Waals surface area contributed by atoms with Crippen LogP contribution in [0.1, 0.15) is 21.6 Å². The van der Waals surface area contributed by atoms with Gasteiger partial charge in [-0.25, -0.2) is 4.68 Å². The van der Waals surface area contributed by atoms with Crippen LogP contribution in [0.2, 0.25) is 0 Å². The van der Waals surface area contributed by atoms with Crippen LogP contribution in [0, 0.1) is 13.8 Å². The molecule has 0 aliphatic rings. The topological polar surface area (TPSA) is 56.2 Å². The summed E-state index contributed by atoms with van der Waals surface area (Å²) < 4.78 is 30.6. The number of nitrogens with one attached hydrogen (secondary N) is 1. The molecule has 0 aliphatic carbocycles. The van der Waals surface area contributed by atoms with Crippen molar-refractivity contribution in [2.75, 3.05) is 5.32 Å². The maximum Gasteiger partial charge on any atom is 0.387 e. The number of aryl methyl sites for hydroxylation is 2. The summed E-state index contributed by atoms with van der Waals surface area (Å²) in [5, 5.41) is 7.15. The summed E-state index contributed by atoms with van der Waals surface area (Å²) in [5.41, 5.74) is 2.85. The van der Waals surface area contributed by atoms with Gasteiger partial charge in [0, 0.05) is 11.6 Å². The Balaban J connectivity index is 1.85. The largest absolute Gasteiger partial charge is 0.435 e. The molecule has 3 rings (SSSR count). The Bertz CT molecular complexity index is 921. The van der Waals surface area contributed by atoms with Gasteiger partial charge in [0.05, 0.1) is 11.4 Å². The molecule has 0 bridgehead atoms. The fourth-order valence-corrected chi connectivity index (χ4v) is 2.47. The van der Waals surface area contributed by atoms with Crippen LogP contribution in [-0.2, 0) is 0 Å². The van der Waals surface area contributed by atoms with Gasteiger partial charge < -0.3 is 10.1 Å². The maximum absolute atomic E-state index is 12.5. The lowest BCUT2D eigenvalue weighted by Gasteiger charge is -2.10. The number of hydrogen-bond donors (Lipinski definition) is 1. The van der Waals surface area contributed by atoms with Gasteiger partial charge in [0.1, 0.15) is 11.6 Å². The van der Waals surface area contributed by atoms with E-state index in [1.165, 1.54) is 24.3 Å². The number of anilines is 1. The molecule has 0 saturated carbocycles. The van der Waals surface area contributed by atoms with E-state index in [1.54, 1.807) is 10.7 Å². The summed E-state index contributed by atoms with van der Waals surface area (Å²) in [4.78, 5) is 12.5. The van der Waals surface area contributed by atoms with Crippen LogP contribution in [0.5, 0.6) is 5.75 Å². The fraction of sp³-hybridized carbons (Fsp3) is 0.158. The molecular weight excluding hydrogens is 340 g/mol. The quantitative estimate of drug-likeness (QED) is 0.739. The van der Waals surface area contributed by atoms with Crippen molar-refractivity contribution in [3.63, 3.8) is 0 Å². The van der Waals surface area contributed by atoms with Gasteiger partial charge in [-0.3, -0.25) is 4.79 Å². The van der Waals surface area contributed by atoms with E-state index in [1.807, 2.05) is 38.1 Å². The number of hydrogen-bond acceptors (Lipinski definition) is 3. The summed E-state index contributed by atoms with van der Waals surface area (Å²) in [6, 6.07) is 15.1. The second kappa shape index (κ2) is 7.35. The standard InChI is InChI=1S/C19H17F2N3O2/c1-12-6-8-15(9-7-12)24-17(10-13(2)23-24)22-18(25)14-4-3-5-16(11-14)26-19(20)21/h3-11,19H,1-2H3,(H,22,25). The minimum absolute atomic E-state index is 0.0733. The lowest BCUT2D eigenvalue weighted by atomic mass is 10.2. The number of carbonyl (C=O) groups is 1. The van der Waals surface area contributed by atoms with Gasteiger partial charge in [0.25, 0.3) is 5.91 Å². The number of aromatic nitrogens is 2. The van der Waals surface area contributed by atoms with Gasteiger partial charge in [-0.15, -0.1) is 0 Å². The molecule has 7 heteroatoms. The molecule has 0 unspecified atom stereocenters. The van der Waals surface area contributed by atoms with Crippen LogP contribution in [0.4, 0.5) is 14.6 Å². The maximum atomic E-state index is 12.5. The minimum Gasteiger partial charge on any atom is -0.435 e. The highest BCUT2D eigenvalue weighted by molar-refractivity contribution is 6.04. The second-order valence-electron chi connectivity index (χ2n) is 5.78. The summed E-state index contributed by atoms with van der Waals surface area (Å²) in [6.07, 6.45) is 0. The zero-order valence-electron chi connectivity index (χ0n) is 14.2. The predicted molar refractivity (Wildman–Crippen MR) is 94.1 cm³/mol. The number of benzene rings is 2. The summed E-state index contributed by atoms with van der Waals surface area (Å²) >= 11 is 0. The molecule has 0 fully saturated rings. The van der Waals surface area contributed by atoms with Gasteiger partial charge in [0.15, 0.2) is 0 Å². The number of amides is 1. The number of alkyl halides is 2. The van der Waals surface area contributed by atoms with E-state index >= 15 is 0 Å². The summed E-state index contributed by atoms with van der Waals surface area (Å²) in [5.74, 6) is -0.0367. The van der Waals surface area contributed by atoms with E-state index in [0.717, 1.165) is 16.9 Å². The molecular formula is C19H17F2N3O2. The van der Waals surface area contributed by atoms with Crippen molar-refractivity contribution in [1.82, 2.24) is 9.78 Å². The van der Waals surface area contributed by atoms with Gasteiger partial charge in [-0.2, -0.15) is 13.9 Å². The van der Waals surface area contributed by atoms with Gasteiger partial charge in [0.2, 0.25) is 0 Å². The third kappa shape index (κ3) is 4.05. The Hall–Kier alpha value is -3.22. The molecule has 1 aromatic heterocycles. The highest BCUT2D eigenvalue weighted by atomic mass is 19.3. The predicted octanol–water partition coefficient (Wildman–Crippen LogP) is 4.34. The Labute approximate surface area is 149 Å². The van der Waals surface area contributed by atoms with E-state index in [2.05, 4.69) is 15.2 Å². The van der Waals surface area contributed by atoms with E-state index in [4.69, 9.17) is 0 Å². The summed E-state index contributed by atoms with van der Waals surface area (Å²) in [6.45, 7) is 0.853. The van der Waals surface area contributed by atoms with Crippen molar-refractivity contribution >= 4 is 11.7 Å². The second-order valence-corrected chi connectivity index (χ2v) is 5.78. The van der Waals surface area contributed by atoms with Crippen molar-refractivity contribution in [3.8, 4) is 11.4 Å². The molecule has 134 valence electrons. The monoisotopic (exact) mass is 357 g/mol. The number of ether oxygens (including phenoxy) is 1. The number of halogens is 2. The van der Waals surface area contributed by atoms with Crippen LogP contribution in [0.25, 0.3) is 5.69 Å². The Morgan fingerprint density at radius 3 is 2.54 bits per heavy atom. The average Bonchev–Trinajstić information content (AvgIpc) is 2.95. The van der Waals surface area contributed by atoms with Crippen LogP contribution >= 0.6 is 0 Å². The molecule has 5 nitrogen and oxygen atoms in total. The molecule has 0 aliphatic heterocycles. The van der Waals surface area contributed by atoms with E-state index in [0.29, 0.717) is 5.82 Å². The molecule has 0 atom stereocenters.